The van der Waals surface area contributed by atoms with E-state index < -0.39 is 35.7 Å². The van der Waals surface area contributed by atoms with Crippen molar-refractivity contribution in [2.75, 3.05) is 23.0 Å². The highest BCUT2D eigenvalue weighted by molar-refractivity contribution is 6.24. The molecule has 10 heteroatoms. The van der Waals surface area contributed by atoms with Crippen molar-refractivity contribution < 1.29 is 33.9 Å². The first-order valence-corrected chi connectivity index (χ1v) is 12.0. The largest absolute Gasteiger partial charge is 0.494 e. The topological polar surface area (TPSA) is 117 Å². The molecule has 2 aromatic carbocycles. The van der Waals surface area contributed by atoms with Gasteiger partial charge in [-0.1, -0.05) is 13.8 Å². The zero-order valence-corrected chi connectivity index (χ0v) is 20.3. The van der Waals surface area contributed by atoms with Gasteiger partial charge in [-0.25, -0.2) is 9.80 Å². The summed E-state index contributed by atoms with van der Waals surface area (Å²) >= 11 is 0. The molecule has 2 heterocycles. The number of ether oxygens (including phenoxy) is 2. The van der Waals surface area contributed by atoms with Crippen molar-refractivity contribution >= 4 is 35.0 Å². The van der Waals surface area contributed by atoms with Gasteiger partial charge in [0.05, 0.1) is 37.4 Å². The van der Waals surface area contributed by atoms with Crippen molar-refractivity contribution in [1.82, 2.24) is 5.06 Å². The Morgan fingerprint density at radius 2 is 1.08 bits per heavy atom. The third-order valence-electron chi connectivity index (χ3n) is 6.02. The molecule has 0 unspecified atom stereocenters. The van der Waals surface area contributed by atoms with Gasteiger partial charge >= 0.3 is 0 Å². The summed E-state index contributed by atoms with van der Waals surface area (Å²) in [6.45, 7) is 5.06. The number of anilines is 2. The van der Waals surface area contributed by atoms with E-state index in [1.54, 1.807) is 48.5 Å². The molecule has 4 amide bonds. The molecule has 0 radical (unpaired) electrons. The number of benzene rings is 2. The normalized spacial score (nSPS) is 20.1. The Balaban J connectivity index is 1.46. The molecule has 190 valence electrons. The Labute approximate surface area is 208 Å². The molecule has 0 bridgehead atoms. The molecule has 4 rings (SSSR count). The van der Waals surface area contributed by atoms with E-state index in [1.807, 2.05) is 13.8 Å². The maximum atomic E-state index is 13.1. The predicted octanol–water partition coefficient (Wildman–Crippen LogP) is 2.92. The molecule has 2 aromatic rings. The summed E-state index contributed by atoms with van der Waals surface area (Å²) in [5.74, 6) is -1.13. The average Bonchev–Trinajstić information content (AvgIpc) is 3.35. The number of amides is 4. The van der Waals surface area contributed by atoms with Crippen LogP contribution in [0.1, 0.15) is 39.5 Å². The van der Waals surface area contributed by atoms with Gasteiger partial charge in [-0.3, -0.25) is 19.2 Å². The van der Waals surface area contributed by atoms with Gasteiger partial charge in [0.2, 0.25) is 11.8 Å². The van der Waals surface area contributed by atoms with Crippen LogP contribution in [0.2, 0.25) is 0 Å². The maximum Gasteiger partial charge on any atom is 0.254 e. The predicted molar refractivity (Wildman–Crippen MR) is 130 cm³/mol. The summed E-state index contributed by atoms with van der Waals surface area (Å²) in [6, 6.07) is 10.4. The van der Waals surface area contributed by atoms with E-state index in [4.69, 9.17) is 9.47 Å². The Morgan fingerprint density at radius 3 is 1.42 bits per heavy atom. The quantitative estimate of drug-likeness (QED) is 0.395. The first-order chi connectivity index (χ1) is 17.3. The number of carbonyl (C=O) groups excluding carboxylic acids is 4. The van der Waals surface area contributed by atoms with E-state index in [1.165, 1.54) is 0 Å². The van der Waals surface area contributed by atoms with E-state index >= 15 is 0 Å². The Kier molecular flexibility index (Phi) is 7.66. The highest BCUT2D eigenvalue weighted by Gasteiger charge is 2.50. The molecule has 2 aliphatic heterocycles. The first kappa shape index (κ1) is 25.3. The van der Waals surface area contributed by atoms with Crippen LogP contribution in [0.5, 0.6) is 11.5 Å². The van der Waals surface area contributed by atoms with Gasteiger partial charge in [0, 0.05) is 0 Å². The molecule has 0 saturated carbocycles. The molecule has 0 aromatic heterocycles. The van der Waals surface area contributed by atoms with E-state index in [-0.39, 0.29) is 12.8 Å². The smallest absolute Gasteiger partial charge is 0.254 e. The van der Waals surface area contributed by atoms with Crippen LogP contribution in [-0.2, 0) is 19.2 Å². The molecule has 36 heavy (non-hydrogen) atoms. The third kappa shape index (κ3) is 4.95. The summed E-state index contributed by atoms with van der Waals surface area (Å²) in [5.41, 5.74) is 0.677. The number of nitrogens with zero attached hydrogens (tertiary/aromatic N) is 3. The van der Waals surface area contributed by atoms with E-state index in [0.717, 1.165) is 22.6 Å². The average molecular weight is 496 g/mol. The van der Waals surface area contributed by atoms with Gasteiger partial charge in [0.1, 0.15) is 23.6 Å². The van der Waals surface area contributed by atoms with Gasteiger partial charge in [-0.2, -0.15) is 5.06 Å². The summed E-state index contributed by atoms with van der Waals surface area (Å²) < 4.78 is 11.1. The van der Waals surface area contributed by atoms with Crippen LogP contribution in [0.3, 0.4) is 0 Å². The maximum absolute atomic E-state index is 13.1. The van der Waals surface area contributed by atoms with Gasteiger partial charge < -0.3 is 14.7 Å². The van der Waals surface area contributed by atoms with Crippen LogP contribution in [-0.4, -0.2) is 59.2 Å². The van der Waals surface area contributed by atoms with Crippen LogP contribution >= 0.6 is 0 Å². The Hall–Kier alpha value is -3.76. The standard InChI is InChI=1S/C26H29N3O7/c1-3-13-35-19-9-5-17(6-10-19)27-23(30)15-21(25(27)32)29(34)22-16-24(31)28(26(22)33)18-7-11-20(12-8-18)36-14-4-2/h5-12,21-22,34H,3-4,13-16H2,1-2H3/t21-,22+. The Bertz CT molecular complexity index is 1040. The molecular weight excluding hydrogens is 466 g/mol. The minimum Gasteiger partial charge on any atom is -0.494 e. The molecule has 10 nitrogen and oxygen atoms in total. The lowest BCUT2D eigenvalue weighted by Crippen LogP contribution is -2.49. The molecule has 0 spiro atoms. The van der Waals surface area contributed by atoms with E-state index in [2.05, 4.69) is 0 Å². The van der Waals surface area contributed by atoms with Gasteiger partial charge in [-0.15, -0.1) is 0 Å². The lowest BCUT2D eigenvalue weighted by molar-refractivity contribution is -0.172. The molecular formula is C26H29N3O7. The second kappa shape index (κ2) is 10.9. The van der Waals surface area contributed by atoms with Gasteiger partial charge in [-0.05, 0) is 61.4 Å². The third-order valence-corrected chi connectivity index (χ3v) is 6.02. The lowest BCUT2D eigenvalue weighted by atomic mass is 10.1. The number of imide groups is 2. The number of hydroxylamine groups is 2. The molecule has 2 fully saturated rings. The first-order valence-electron chi connectivity index (χ1n) is 12.0. The number of carbonyl (C=O) groups is 4. The molecule has 2 aliphatic rings. The number of rotatable bonds is 10. The van der Waals surface area contributed by atoms with Crippen molar-refractivity contribution in [3.8, 4) is 11.5 Å². The SMILES string of the molecule is CCCOc1ccc(N2C(=O)C[C@@H](N(O)[C@H]3CC(=O)N(c4ccc(OCCC)cc4)C3=O)C2=O)cc1. The fraction of sp³-hybridized carbons (Fsp3) is 0.385. The lowest BCUT2D eigenvalue weighted by Gasteiger charge is -2.25. The van der Waals surface area contributed by atoms with Crippen LogP contribution in [0.4, 0.5) is 11.4 Å². The molecule has 2 saturated heterocycles. The number of hydrogen-bond acceptors (Lipinski definition) is 8. The van der Waals surface area contributed by atoms with E-state index in [0.29, 0.717) is 41.2 Å². The van der Waals surface area contributed by atoms with Crippen molar-refractivity contribution in [3.05, 3.63) is 48.5 Å². The summed E-state index contributed by atoms with van der Waals surface area (Å²) in [5, 5.41) is 11.4. The van der Waals surface area contributed by atoms with Gasteiger partial charge in [0.15, 0.2) is 0 Å². The summed E-state index contributed by atoms with van der Waals surface area (Å²) in [6.07, 6.45) is 1.06. The highest BCUT2D eigenvalue weighted by Crippen LogP contribution is 2.32. The summed E-state index contributed by atoms with van der Waals surface area (Å²) in [7, 11) is 0. The minimum atomic E-state index is -1.28. The van der Waals surface area contributed by atoms with Gasteiger partial charge in [0.25, 0.3) is 11.8 Å². The van der Waals surface area contributed by atoms with Crippen LogP contribution in [0, 0.1) is 0 Å². The van der Waals surface area contributed by atoms with Crippen LogP contribution in [0.15, 0.2) is 48.5 Å². The fourth-order valence-electron chi connectivity index (χ4n) is 4.23. The van der Waals surface area contributed by atoms with Crippen molar-refractivity contribution in [2.24, 2.45) is 0 Å². The van der Waals surface area contributed by atoms with Crippen LogP contribution in [0.25, 0.3) is 0 Å². The zero-order valence-electron chi connectivity index (χ0n) is 20.3. The second-order valence-electron chi connectivity index (χ2n) is 8.64. The summed E-state index contributed by atoms with van der Waals surface area (Å²) in [4.78, 5) is 53.5. The van der Waals surface area contributed by atoms with Crippen LogP contribution < -0.4 is 19.3 Å². The monoisotopic (exact) mass is 495 g/mol. The second-order valence-corrected chi connectivity index (χ2v) is 8.64. The molecule has 0 aliphatic carbocycles. The minimum absolute atomic E-state index is 0.315. The highest BCUT2D eigenvalue weighted by atomic mass is 16.5. The Morgan fingerprint density at radius 1 is 0.722 bits per heavy atom. The van der Waals surface area contributed by atoms with E-state index in [9.17, 15) is 24.4 Å². The molecule has 2 atom stereocenters. The van der Waals surface area contributed by atoms with Crippen molar-refractivity contribution in [2.45, 2.75) is 51.6 Å². The zero-order chi connectivity index (χ0) is 25.8. The fourth-order valence-corrected chi connectivity index (χ4v) is 4.23. The van der Waals surface area contributed by atoms with Crippen molar-refractivity contribution in [3.63, 3.8) is 0 Å². The number of hydrogen-bond donors (Lipinski definition) is 1. The van der Waals surface area contributed by atoms with Crippen molar-refractivity contribution in [1.29, 1.82) is 0 Å². The molecule has 1 N–H and O–H groups in total.